The average Bonchev–Trinajstić information content (AvgIpc) is 3.50. The van der Waals surface area contributed by atoms with Crippen molar-refractivity contribution < 1.29 is 36.4 Å². The third-order valence-corrected chi connectivity index (χ3v) is 5.42. The van der Waals surface area contributed by atoms with E-state index in [1.54, 1.807) is 11.4 Å². The molecule has 4 N–H and O–H groups in total. The van der Waals surface area contributed by atoms with E-state index >= 15 is 0 Å². The third kappa shape index (κ3) is 4.71. The molecule has 1 atom stereocenters. The van der Waals surface area contributed by atoms with Crippen LogP contribution in [0.2, 0.25) is 0 Å². The summed E-state index contributed by atoms with van der Waals surface area (Å²) in [7, 11) is 10.7. The van der Waals surface area contributed by atoms with Crippen LogP contribution >= 0.6 is 0 Å². The molecule has 3 aromatic heterocycles. The fourth-order valence-corrected chi connectivity index (χ4v) is 3.43. The maximum Gasteiger partial charge on any atom is 0.427 e. The molecule has 38 heavy (non-hydrogen) atoms. The van der Waals surface area contributed by atoms with E-state index in [0.29, 0.717) is 11.9 Å². The summed E-state index contributed by atoms with van der Waals surface area (Å²) < 4.78 is 75.3. The van der Waals surface area contributed by atoms with Crippen molar-refractivity contribution >= 4 is 27.4 Å². The van der Waals surface area contributed by atoms with Gasteiger partial charge in [-0.15, -0.1) is 0 Å². The zero-order valence-electron chi connectivity index (χ0n) is 18.9. The molecule has 4 aromatic rings. The highest BCUT2D eigenvalue weighted by Gasteiger charge is 2.66. The molecule has 4 radical (unpaired) electrons. The molecule has 0 saturated heterocycles. The predicted octanol–water partition coefficient (Wildman–Crippen LogP) is 1.50. The van der Waals surface area contributed by atoms with E-state index in [9.17, 15) is 31.9 Å². The number of hydrogen-bond donors (Lipinski definition) is 3. The van der Waals surface area contributed by atoms with Gasteiger partial charge in [0.25, 0.3) is 5.91 Å². The second-order valence-corrected chi connectivity index (χ2v) is 8.01. The van der Waals surface area contributed by atoms with Crippen molar-refractivity contribution in [2.45, 2.75) is 23.7 Å². The van der Waals surface area contributed by atoms with Crippen LogP contribution in [0.25, 0.3) is 22.9 Å². The Morgan fingerprint density at radius 3 is 2.45 bits per heavy atom. The summed E-state index contributed by atoms with van der Waals surface area (Å²) in [6.45, 7) is -0.0902. The standard InChI is InChI=1S/C21H14B2F5N7O3/c22-20(23,19(37,18(29)36)21(26,27)28)32-16-12(25)8-30-17(31-16)14-7-15(13-5-6-38-34-13)35(33-14)9-10-3-1-2-4-11(10)24/h1-8,37H,9H2,(H2,29,36)(H,30,31,32)/t19-/m0/s1. The van der Waals surface area contributed by atoms with Crippen molar-refractivity contribution in [2.75, 3.05) is 5.32 Å². The Hall–Kier alpha value is -4.27. The van der Waals surface area contributed by atoms with Crippen LogP contribution in [0.15, 0.2) is 53.4 Å². The molecule has 4 rings (SSSR count). The first-order chi connectivity index (χ1) is 17.7. The van der Waals surface area contributed by atoms with Crippen LogP contribution < -0.4 is 11.1 Å². The van der Waals surface area contributed by atoms with Crippen molar-refractivity contribution in [3.05, 3.63) is 66.1 Å². The van der Waals surface area contributed by atoms with Crippen molar-refractivity contribution in [3.63, 3.8) is 0 Å². The Balaban J connectivity index is 1.75. The van der Waals surface area contributed by atoms with Crippen molar-refractivity contribution in [3.8, 4) is 22.9 Å². The van der Waals surface area contributed by atoms with Crippen LogP contribution in [-0.2, 0) is 11.3 Å². The van der Waals surface area contributed by atoms with Crippen LogP contribution in [0.3, 0.4) is 0 Å². The van der Waals surface area contributed by atoms with Crippen LogP contribution in [0, 0.1) is 11.6 Å². The second-order valence-electron chi connectivity index (χ2n) is 8.01. The van der Waals surface area contributed by atoms with Crippen LogP contribution in [0.1, 0.15) is 5.56 Å². The Bertz CT molecular complexity index is 1480. The molecule has 3 heterocycles. The highest BCUT2D eigenvalue weighted by molar-refractivity contribution is 6.44. The summed E-state index contributed by atoms with van der Waals surface area (Å²) in [5.41, 5.74) is 0.954. The predicted molar refractivity (Wildman–Crippen MR) is 122 cm³/mol. The van der Waals surface area contributed by atoms with Crippen molar-refractivity contribution in [1.29, 1.82) is 0 Å². The lowest BCUT2D eigenvalue weighted by Gasteiger charge is -2.42. The number of aliphatic hydroxyl groups is 1. The molecular formula is C21H14B2F5N7O3. The summed E-state index contributed by atoms with van der Waals surface area (Å²) in [6, 6.07) is 8.73. The number of nitrogens with zero attached hydrogens (tertiary/aromatic N) is 5. The van der Waals surface area contributed by atoms with Gasteiger partial charge in [0.15, 0.2) is 17.5 Å². The largest absolute Gasteiger partial charge is 0.427 e. The number of halogens is 5. The first kappa shape index (κ1) is 26.8. The second kappa shape index (κ2) is 9.55. The van der Waals surface area contributed by atoms with Gasteiger partial charge in [-0.05, 0) is 12.1 Å². The minimum Gasteiger partial charge on any atom is -0.376 e. The van der Waals surface area contributed by atoms with E-state index in [4.69, 9.17) is 25.9 Å². The molecule has 0 fully saturated rings. The highest BCUT2D eigenvalue weighted by atomic mass is 19.4. The molecule has 0 aliphatic carbocycles. The van der Waals surface area contributed by atoms with Gasteiger partial charge in [-0.2, -0.15) is 18.3 Å². The number of primary amides is 1. The van der Waals surface area contributed by atoms with E-state index in [1.165, 1.54) is 41.3 Å². The smallest absolute Gasteiger partial charge is 0.376 e. The molecule has 192 valence electrons. The fourth-order valence-electron chi connectivity index (χ4n) is 3.43. The van der Waals surface area contributed by atoms with Gasteiger partial charge in [-0.25, -0.2) is 18.7 Å². The van der Waals surface area contributed by atoms with Gasteiger partial charge in [0.05, 0.1) is 34.1 Å². The average molecular weight is 529 g/mol. The van der Waals surface area contributed by atoms with Gasteiger partial charge < -0.3 is 20.7 Å². The Labute approximate surface area is 212 Å². The number of alkyl halides is 3. The first-order valence-corrected chi connectivity index (χ1v) is 10.4. The molecule has 0 aliphatic heterocycles. The molecule has 10 nitrogen and oxygen atoms in total. The van der Waals surface area contributed by atoms with Gasteiger partial charge in [0.1, 0.15) is 23.5 Å². The summed E-state index contributed by atoms with van der Waals surface area (Å²) in [6.07, 6.45) is -3.92. The Kier molecular flexibility index (Phi) is 6.73. The lowest BCUT2D eigenvalue weighted by Crippen LogP contribution is -2.73. The monoisotopic (exact) mass is 529 g/mol. The maximum absolute atomic E-state index is 14.5. The minimum atomic E-state index is -5.75. The number of rotatable bonds is 8. The van der Waals surface area contributed by atoms with Crippen molar-refractivity contribution in [1.82, 2.24) is 24.9 Å². The van der Waals surface area contributed by atoms with Crippen LogP contribution in [0.5, 0.6) is 0 Å². The maximum atomic E-state index is 14.5. The third-order valence-electron chi connectivity index (χ3n) is 5.42. The normalized spacial score (nSPS) is 13.7. The topological polar surface area (TPSA) is 145 Å². The Morgan fingerprint density at radius 2 is 1.84 bits per heavy atom. The molecule has 0 saturated carbocycles. The molecule has 0 bridgehead atoms. The molecular weight excluding hydrogens is 515 g/mol. The van der Waals surface area contributed by atoms with E-state index in [1.807, 2.05) is 0 Å². The van der Waals surface area contributed by atoms with Crippen LogP contribution in [-0.4, -0.2) is 68.7 Å². The number of hydrogen-bond acceptors (Lipinski definition) is 8. The Morgan fingerprint density at radius 1 is 1.13 bits per heavy atom. The van der Waals surface area contributed by atoms with Gasteiger partial charge in [0.2, 0.25) is 5.60 Å². The minimum absolute atomic E-state index is 0.0528. The summed E-state index contributed by atoms with van der Waals surface area (Å²) in [5.74, 6) is -5.58. The van der Waals surface area contributed by atoms with E-state index in [-0.39, 0.29) is 29.3 Å². The fraction of sp³-hybridized carbons (Fsp3) is 0.190. The number of carbonyl (C=O) groups excluding carboxylic acids is 1. The highest BCUT2D eigenvalue weighted by Crippen LogP contribution is 2.38. The SMILES string of the molecule is [B]C([B])(Nc1nc(-c2cc(-c3ccon3)n(Cc3ccccc3F)n2)ncc1F)[C@@](O)(C(N)=O)C(F)(F)F. The summed E-state index contributed by atoms with van der Waals surface area (Å²) in [4.78, 5) is 19.0. The van der Waals surface area contributed by atoms with E-state index in [0.717, 1.165) is 0 Å². The lowest BCUT2D eigenvalue weighted by molar-refractivity contribution is -0.252. The van der Waals surface area contributed by atoms with Crippen LogP contribution in [0.4, 0.5) is 27.8 Å². The van der Waals surface area contributed by atoms with Gasteiger partial charge in [0, 0.05) is 17.0 Å². The molecule has 0 aliphatic rings. The molecule has 0 spiro atoms. The number of nitrogens with one attached hydrogen (secondary N) is 1. The number of aromatic nitrogens is 5. The zero-order chi connectivity index (χ0) is 27.9. The number of amides is 1. The van der Waals surface area contributed by atoms with E-state index < -0.39 is 40.5 Å². The summed E-state index contributed by atoms with van der Waals surface area (Å²) in [5, 5.41) is 16.2. The lowest BCUT2D eigenvalue weighted by atomic mass is 9.52. The van der Waals surface area contributed by atoms with Gasteiger partial charge in [-0.3, -0.25) is 9.48 Å². The van der Waals surface area contributed by atoms with Gasteiger partial charge in [-0.1, -0.05) is 23.4 Å². The zero-order valence-corrected chi connectivity index (χ0v) is 18.9. The number of benzene rings is 1. The molecule has 1 aromatic carbocycles. The summed E-state index contributed by atoms with van der Waals surface area (Å²) >= 11 is 0. The van der Waals surface area contributed by atoms with Gasteiger partial charge >= 0.3 is 6.18 Å². The quantitative estimate of drug-likeness (QED) is 0.230. The number of nitrogens with two attached hydrogens (primary N) is 1. The molecule has 0 unspecified atom stereocenters. The van der Waals surface area contributed by atoms with Crippen molar-refractivity contribution in [2.24, 2.45) is 5.73 Å². The molecule has 17 heteroatoms. The first-order valence-electron chi connectivity index (χ1n) is 10.4. The molecule has 1 amide bonds. The number of carbonyl (C=O) groups is 1. The van der Waals surface area contributed by atoms with E-state index in [2.05, 4.69) is 20.2 Å². The number of anilines is 1.